The Morgan fingerprint density at radius 2 is 1.76 bits per heavy atom. The Balaban J connectivity index is 2.30. The van der Waals surface area contributed by atoms with Crippen molar-refractivity contribution in [1.29, 1.82) is 0 Å². The van der Waals surface area contributed by atoms with Gasteiger partial charge in [-0.15, -0.1) is 0 Å². The molecule has 0 amide bonds. The van der Waals surface area contributed by atoms with Gasteiger partial charge in [0.1, 0.15) is 17.9 Å². The van der Waals surface area contributed by atoms with Gasteiger partial charge in [0.15, 0.2) is 8.32 Å². The smallest absolute Gasteiger partial charge is 0.341 e. The fourth-order valence-corrected chi connectivity index (χ4v) is 4.63. The second-order valence-electron chi connectivity index (χ2n) is 8.54. The van der Waals surface area contributed by atoms with Gasteiger partial charge in [-0.05, 0) is 41.4 Å². The highest BCUT2D eigenvalue weighted by molar-refractivity contribution is 9.09. The minimum Gasteiger partial charge on any atom is -0.488 e. The Hall–Kier alpha value is -1.63. The van der Waals surface area contributed by atoms with E-state index in [-0.39, 0.29) is 11.1 Å². The minimum atomic E-state index is -1.97. The lowest BCUT2D eigenvalue weighted by Crippen LogP contribution is -2.42. The summed E-state index contributed by atoms with van der Waals surface area (Å²) >= 11 is 3.58. The van der Waals surface area contributed by atoms with Crippen LogP contribution in [0, 0.1) is 0 Å². The molecule has 2 aromatic carbocycles. The highest BCUT2D eigenvalue weighted by Gasteiger charge is 2.39. The summed E-state index contributed by atoms with van der Waals surface area (Å²) in [6, 6.07) is 15.5. The zero-order chi connectivity index (χ0) is 21.7. The lowest BCUT2D eigenvalue weighted by Gasteiger charge is -2.39. The molecule has 0 aliphatic rings. The Kier molecular flexibility index (Phi) is 8.08. The van der Waals surface area contributed by atoms with Gasteiger partial charge in [-0.2, -0.15) is 0 Å². The number of hydrogen-bond acceptors (Lipinski definition) is 4. The van der Waals surface area contributed by atoms with E-state index in [1.165, 1.54) is 7.11 Å². The zero-order valence-electron chi connectivity index (χ0n) is 18.1. The first kappa shape index (κ1) is 23.6. The van der Waals surface area contributed by atoms with Crippen LogP contribution in [0.2, 0.25) is 18.1 Å². The summed E-state index contributed by atoms with van der Waals surface area (Å²) in [6.07, 6.45) is -0.150. The van der Waals surface area contributed by atoms with E-state index in [4.69, 9.17) is 13.9 Å². The van der Waals surface area contributed by atoms with Gasteiger partial charge >= 0.3 is 5.97 Å². The first-order valence-corrected chi connectivity index (χ1v) is 13.7. The number of halogens is 1. The van der Waals surface area contributed by atoms with Crippen LogP contribution < -0.4 is 4.74 Å². The highest BCUT2D eigenvalue weighted by atomic mass is 79.9. The van der Waals surface area contributed by atoms with Gasteiger partial charge in [0.05, 0.1) is 13.2 Å². The largest absolute Gasteiger partial charge is 0.488 e. The molecular weight excluding hydrogens is 448 g/mol. The third-order valence-corrected chi connectivity index (χ3v) is 10.5. The molecule has 158 valence electrons. The van der Waals surface area contributed by atoms with Crippen molar-refractivity contribution in [2.45, 2.75) is 51.6 Å². The molecular formula is C23H31BrO4Si. The second-order valence-corrected chi connectivity index (χ2v) is 13.9. The Bertz CT molecular complexity index is 815. The van der Waals surface area contributed by atoms with E-state index in [1.54, 1.807) is 0 Å². The van der Waals surface area contributed by atoms with E-state index in [2.05, 4.69) is 49.8 Å². The van der Waals surface area contributed by atoms with Crippen molar-refractivity contribution >= 4 is 30.2 Å². The van der Waals surface area contributed by atoms with E-state index < -0.39 is 14.3 Å². The van der Waals surface area contributed by atoms with Gasteiger partial charge in [-0.3, -0.25) is 0 Å². The van der Waals surface area contributed by atoms with Crippen LogP contribution in [0.25, 0.3) is 0 Å². The molecule has 0 saturated heterocycles. The maximum atomic E-state index is 12.4. The number of ether oxygens (including phenoxy) is 2. The molecule has 0 aromatic heterocycles. The summed E-state index contributed by atoms with van der Waals surface area (Å²) in [6.45, 7) is 11.5. The molecule has 0 aliphatic carbocycles. The molecule has 0 aliphatic heterocycles. The number of benzene rings is 2. The summed E-state index contributed by atoms with van der Waals surface area (Å²) in [5, 5.41) is 0.738. The van der Waals surface area contributed by atoms with Crippen molar-refractivity contribution in [2.75, 3.05) is 12.4 Å². The van der Waals surface area contributed by atoms with Crippen LogP contribution in [0.15, 0.2) is 48.5 Å². The molecule has 6 heteroatoms. The maximum absolute atomic E-state index is 12.4. The topological polar surface area (TPSA) is 44.8 Å². The molecule has 0 bridgehead atoms. The van der Waals surface area contributed by atoms with E-state index in [9.17, 15) is 4.79 Å². The van der Waals surface area contributed by atoms with Crippen LogP contribution in [0.3, 0.4) is 0 Å². The average molecular weight is 479 g/mol. The van der Waals surface area contributed by atoms with Gasteiger partial charge in [-0.25, -0.2) is 4.79 Å². The highest BCUT2D eigenvalue weighted by Crippen LogP contribution is 2.40. The van der Waals surface area contributed by atoms with Gasteiger partial charge < -0.3 is 13.9 Å². The normalized spacial score (nSPS) is 13.1. The molecule has 1 atom stereocenters. The van der Waals surface area contributed by atoms with E-state index >= 15 is 0 Å². The average Bonchev–Trinajstić information content (AvgIpc) is 2.69. The number of rotatable bonds is 8. The molecule has 0 unspecified atom stereocenters. The molecule has 0 N–H and O–H groups in total. The lowest BCUT2D eigenvalue weighted by atomic mass is 10.1. The fraction of sp³-hybridized carbons (Fsp3) is 0.435. The van der Waals surface area contributed by atoms with Crippen LogP contribution in [-0.2, 0) is 15.8 Å². The second kappa shape index (κ2) is 9.91. The Morgan fingerprint density at radius 1 is 1.10 bits per heavy atom. The van der Waals surface area contributed by atoms with Gasteiger partial charge in [0.2, 0.25) is 0 Å². The van der Waals surface area contributed by atoms with Gasteiger partial charge in [0, 0.05) is 5.33 Å². The molecule has 2 aromatic rings. The minimum absolute atomic E-state index is 0.0946. The fourth-order valence-electron chi connectivity index (χ4n) is 2.60. The molecule has 4 nitrogen and oxygen atoms in total. The number of hydrogen-bond donors (Lipinski definition) is 0. The predicted octanol–water partition coefficient (Wildman–Crippen LogP) is 6.51. The standard InChI is InChI=1S/C23H31BrO4Si/c1-23(2,3)29(5,6)28-21(15-24)18-12-13-20(19(14-18)22(25)26-4)27-16-17-10-8-7-9-11-17/h7-14,21H,15-16H2,1-6H3/t21-/m1/s1. The monoisotopic (exact) mass is 478 g/mol. The van der Waals surface area contributed by atoms with Crippen molar-refractivity contribution in [1.82, 2.24) is 0 Å². The summed E-state index contributed by atoms with van der Waals surface area (Å²) in [5.74, 6) is 0.0839. The zero-order valence-corrected chi connectivity index (χ0v) is 20.7. The molecule has 0 radical (unpaired) electrons. The summed E-state index contributed by atoms with van der Waals surface area (Å²) < 4.78 is 17.5. The van der Waals surface area contributed by atoms with Crippen LogP contribution in [0.4, 0.5) is 0 Å². The number of carbonyl (C=O) groups excluding carboxylic acids is 1. The molecule has 29 heavy (non-hydrogen) atoms. The van der Waals surface area contributed by atoms with E-state index in [1.807, 2.05) is 48.5 Å². The van der Waals surface area contributed by atoms with Crippen molar-refractivity contribution < 1.29 is 18.7 Å². The van der Waals surface area contributed by atoms with Crippen molar-refractivity contribution in [3.63, 3.8) is 0 Å². The van der Waals surface area contributed by atoms with E-state index in [0.717, 1.165) is 11.1 Å². The molecule has 0 spiro atoms. The third kappa shape index (κ3) is 6.17. The third-order valence-electron chi connectivity index (χ3n) is 5.40. The molecule has 0 fully saturated rings. The predicted molar refractivity (Wildman–Crippen MR) is 123 cm³/mol. The quantitative estimate of drug-likeness (QED) is 0.246. The van der Waals surface area contributed by atoms with Crippen molar-refractivity contribution in [3.05, 3.63) is 65.2 Å². The molecule has 2 rings (SSSR count). The number of carbonyl (C=O) groups is 1. The maximum Gasteiger partial charge on any atom is 0.341 e. The van der Waals surface area contributed by atoms with E-state index in [0.29, 0.717) is 23.2 Å². The van der Waals surface area contributed by atoms with Crippen LogP contribution in [0.5, 0.6) is 5.75 Å². The lowest BCUT2D eigenvalue weighted by molar-refractivity contribution is 0.0595. The van der Waals surface area contributed by atoms with Crippen LogP contribution >= 0.6 is 15.9 Å². The summed E-state index contributed by atoms with van der Waals surface area (Å²) in [5.41, 5.74) is 2.37. The Morgan fingerprint density at radius 3 is 2.31 bits per heavy atom. The Labute approximate surface area is 183 Å². The van der Waals surface area contributed by atoms with Crippen LogP contribution in [0.1, 0.15) is 48.4 Å². The number of methoxy groups -OCH3 is 1. The molecule has 0 heterocycles. The first-order chi connectivity index (χ1) is 13.6. The summed E-state index contributed by atoms with van der Waals surface area (Å²) in [7, 11) is -0.596. The number of alkyl halides is 1. The SMILES string of the molecule is COC(=O)c1cc([C@@H](CBr)O[Si](C)(C)C(C)(C)C)ccc1OCc1ccccc1. The van der Waals surface area contributed by atoms with Gasteiger partial charge in [-0.1, -0.05) is 73.1 Å². The first-order valence-electron chi connectivity index (χ1n) is 9.72. The number of esters is 1. The molecule has 0 saturated carbocycles. The van der Waals surface area contributed by atoms with Crippen molar-refractivity contribution in [2.24, 2.45) is 0 Å². The van der Waals surface area contributed by atoms with Crippen LogP contribution in [-0.4, -0.2) is 26.7 Å². The van der Waals surface area contributed by atoms with Gasteiger partial charge in [0.25, 0.3) is 0 Å². The van der Waals surface area contributed by atoms with Crippen molar-refractivity contribution in [3.8, 4) is 5.75 Å². The summed E-state index contributed by atoms with van der Waals surface area (Å²) in [4.78, 5) is 12.4.